The van der Waals surface area contributed by atoms with Gasteiger partial charge >= 0.3 is 0 Å². The van der Waals surface area contributed by atoms with E-state index in [-0.39, 0.29) is 0 Å². The first-order valence-electron chi connectivity index (χ1n) is 7.35. The highest BCUT2D eigenvalue weighted by Crippen LogP contribution is 2.26. The molecule has 108 valence electrons. The lowest BCUT2D eigenvalue weighted by molar-refractivity contribution is 1.02. The molecule has 2 aromatic carbocycles. The van der Waals surface area contributed by atoms with E-state index in [2.05, 4.69) is 71.2 Å². The summed E-state index contributed by atoms with van der Waals surface area (Å²) in [4.78, 5) is 8.23. The van der Waals surface area contributed by atoms with Gasteiger partial charge in [0.25, 0.3) is 0 Å². The molecule has 3 heteroatoms. The molecule has 0 saturated heterocycles. The number of fused-ring (bicyclic) bond motifs is 1. The minimum Gasteiger partial charge on any atom is -0.345 e. The predicted molar refractivity (Wildman–Crippen MR) is 93.4 cm³/mol. The van der Waals surface area contributed by atoms with Crippen LogP contribution in [0.4, 0.5) is 0 Å². The quantitative estimate of drug-likeness (QED) is 0.554. The summed E-state index contributed by atoms with van der Waals surface area (Å²) in [7, 11) is 0. The van der Waals surface area contributed by atoms with Gasteiger partial charge in [-0.1, -0.05) is 36.4 Å². The van der Waals surface area contributed by atoms with Crippen molar-refractivity contribution in [2.75, 3.05) is 0 Å². The molecule has 1 N–H and O–H groups in total. The van der Waals surface area contributed by atoms with Crippen molar-refractivity contribution in [1.82, 2.24) is 9.97 Å². The maximum absolute atomic E-state index is 4.81. The van der Waals surface area contributed by atoms with E-state index in [4.69, 9.17) is 4.98 Å². The Labute approximate surface area is 133 Å². The van der Waals surface area contributed by atoms with Crippen molar-refractivity contribution >= 4 is 22.1 Å². The van der Waals surface area contributed by atoms with Crippen molar-refractivity contribution < 1.29 is 0 Å². The number of aromatic nitrogens is 2. The maximum atomic E-state index is 4.81. The normalized spacial score (nSPS) is 11.1. The fourth-order valence-corrected chi connectivity index (χ4v) is 3.48. The Morgan fingerprint density at radius 1 is 1.05 bits per heavy atom. The summed E-state index contributed by atoms with van der Waals surface area (Å²) in [5.41, 5.74) is 4.66. The van der Waals surface area contributed by atoms with Gasteiger partial charge in [0, 0.05) is 17.7 Å². The second kappa shape index (κ2) is 5.43. The van der Waals surface area contributed by atoms with E-state index in [9.17, 15) is 0 Å². The highest BCUT2D eigenvalue weighted by Gasteiger charge is 2.10. The fourth-order valence-electron chi connectivity index (χ4n) is 2.81. The van der Waals surface area contributed by atoms with E-state index in [1.54, 1.807) is 11.3 Å². The second-order valence-corrected chi connectivity index (χ2v) is 6.31. The van der Waals surface area contributed by atoms with E-state index in [0.717, 1.165) is 23.6 Å². The first-order chi connectivity index (χ1) is 10.8. The highest BCUT2D eigenvalue weighted by atomic mass is 32.1. The summed E-state index contributed by atoms with van der Waals surface area (Å²) in [6.07, 6.45) is 0.859. The SMILES string of the molecule is Cc1[nH]c(Cc2ccsc2)nc1-c1ccc2ccccc2c1. The summed E-state index contributed by atoms with van der Waals surface area (Å²) >= 11 is 1.73. The van der Waals surface area contributed by atoms with Gasteiger partial charge < -0.3 is 4.98 Å². The summed E-state index contributed by atoms with van der Waals surface area (Å²) in [5.74, 6) is 1.03. The van der Waals surface area contributed by atoms with Gasteiger partial charge in [0.2, 0.25) is 0 Å². The molecule has 0 radical (unpaired) electrons. The standard InChI is InChI=1S/C19H16N2S/c1-13-19(21-18(20-13)10-14-8-9-22-12-14)17-7-6-15-4-2-3-5-16(15)11-17/h2-9,11-12H,10H2,1H3,(H,20,21). The van der Waals surface area contributed by atoms with Crippen molar-refractivity contribution in [3.8, 4) is 11.3 Å². The minimum absolute atomic E-state index is 0.859. The molecule has 0 bridgehead atoms. The third-order valence-corrected chi connectivity index (χ3v) is 4.64. The molecule has 0 atom stereocenters. The summed E-state index contributed by atoms with van der Waals surface area (Å²) in [5, 5.41) is 6.79. The van der Waals surface area contributed by atoms with Crippen LogP contribution in [-0.2, 0) is 6.42 Å². The summed E-state index contributed by atoms with van der Waals surface area (Å²) in [6.45, 7) is 2.09. The largest absolute Gasteiger partial charge is 0.345 e. The molecule has 4 aromatic rings. The number of aryl methyl sites for hydroxylation is 1. The van der Waals surface area contributed by atoms with E-state index in [1.165, 1.54) is 21.9 Å². The molecule has 2 heterocycles. The molecule has 0 spiro atoms. The van der Waals surface area contributed by atoms with Crippen LogP contribution in [0.25, 0.3) is 22.0 Å². The third-order valence-electron chi connectivity index (χ3n) is 3.91. The first-order valence-corrected chi connectivity index (χ1v) is 8.29. The predicted octanol–water partition coefficient (Wildman–Crippen LogP) is 5.19. The molecule has 22 heavy (non-hydrogen) atoms. The van der Waals surface area contributed by atoms with Crippen LogP contribution >= 0.6 is 11.3 Å². The lowest BCUT2D eigenvalue weighted by atomic mass is 10.0. The van der Waals surface area contributed by atoms with Gasteiger partial charge in [-0.3, -0.25) is 0 Å². The molecule has 0 aliphatic heterocycles. The Balaban J connectivity index is 1.73. The smallest absolute Gasteiger partial charge is 0.111 e. The topological polar surface area (TPSA) is 28.7 Å². The first kappa shape index (κ1) is 13.3. The zero-order chi connectivity index (χ0) is 14.9. The molecule has 0 saturated carbocycles. The summed E-state index contributed by atoms with van der Waals surface area (Å²) < 4.78 is 0. The zero-order valence-electron chi connectivity index (χ0n) is 12.3. The van der Waals surface area contributed by atoms with E-state index >= 15 is 0 Å². The number of imidazole rings is 1. The molecule has 0 amide bonds. The average molecular weight is 304 g/mol. The van der Waals surface area contributed by atoms with Gasteiger partial charge in [0.05, 0.1) is 5.69 Å². The van der Waals surface area contributed by atoms with Crippen LogP contribution in [0, 0.1) is 6.92 Å². The maximum Gasteiger partial charge on any atom is 0.111 e. The molecule has 0 aliphatic carbocycles. The molecule has 0 aliphatic rings. The van der Waals surface area contributed by atoms with Crippen LogP contribution in [0.1, 0.15) is 17.1 Å². The number of hydrogen-bond acceptors (Lipinski definition) is 2. The number of thiophene rings is 1. The number of benzene rings is 2. The van der Waals surface area contributed by atoms with Crippen molar-refractivity contribution in [1.29, 1.82) is 0 Å². The average Bonchev–Trinajstić information content (AvgIpc) is 3.17. The third kappa shape index (κ3) is 2.44. The number of nitrogens with one attached hydrogen (secondary N) is 1. The lowest BCUT2D eigenvalue weighted by Gasteiger charge is -2.02. The van der Waals surface area contributed by atoms with Crippen LogP contribution in [0.5, 0.6) is 0 Å². The highest BCUT2D eigenvalue weighted by molar-refractivity contribution is 7.07. The fraction of sp³-hybridized carbons (Fsp3) is 0.105. The number of rotatable bonds is 3. The van der Waals surface area contributed by atoms with Gasteiger partial charge in [0.15, 0.2) is 0 Å². The van der Waals surface area contributed by atoms with E-state index < -0.39 is 0 Å². The van der Waals surface area contributed by atoms with Gasteiger partial charge in [0.1, 0.15) is 5.82 Å². The second-order valence-electron chi connectivity index (χ2n) is 5.53. The van der Waals surface area contributed by atoms with Crippen LogP contribution in [0.3, 0.4) is 0 Å². The Morgan fingerprint density at radius 3 is 2.73 bits per heavy atom. The van der Waals surface area contributed by atoms with Crippen LogP contribution in [-0.4, -0.2) is 9.97 Å². The van der Waals surface area contributed by atoms with Crippen LogP contribution in [0.2, 0.25) is 0 Å². The summed E-state index contributed by atoms with van der Waals surface area (Å²) in [6, 6.07) is 17.1. The van der Waals surface area contributed by atoms with Crippen LogP contribution < -0.4 is 0 Å². The minimum atomic E-state index is 0.859. The lowest BCUT2D eigenvalue weighted by Crippen LogP contribution is -1.88. The molecular formula is C19H16N2S. The van der Waals surface area contributed by atoms with Gasteiger partial charge in [-0.25, -0.2) is 4.98 Å². The number of aromatic amines is 1. The molecular weight excluding hydrogens is 288 g/mol. The van der Waals surface area contributed by atoms with Crippen molar-refractivity contribution in [3.63, 3.8) is 0 Å². The number of nitrogens with zero attached hydrogens (tertiary/aromatic N) is 1. The Kier molecular flexibility index (Phi) is 3.28. The van der Waals surface area contributed by atoms with Crippen LogP contribution in [0.15, 0.2) is 59.3 Å². The van der Waals surface area contributed by atoms with Gasteiger partial charge in [-0.2, -0.15) is 11.3 Å². The van der Waals surface area contributed by atoms with Crippen molar-refractivity contribution in [3.05, 3.63) is 76.4 Å². The Morgan fingerprint density at radius 2 is 1.91 bits per heavy atom. The molecule has 2 aromatic heterocycles. The number of H-pyrrole nitrogens is 1. The van der Waals surface area contributed by atoms with E-state index in [1.807, 2.05) is 0 Å². The Hall–Kier alpha value is -2.39. The molecule has 0 unspecified atom stereocenters. The van der Waals surface area contributed by atoms with Crippen molar-refractivity contribution in [2.24, 2.45) is 0 Å². The number of hydrogen-bond donors (Lipinski definition) is 1. The zero-order valence-corrected chi connectivity index (χ0v) is 13.2. The van der Waals surface area contributed by atoms with Gasteiger partial charge in [-0.15, -0.1) is 0 Å². The monoisotopic (exact) mass is 304 g/mol. The molecule has 0 fully saturated rings. The molecule has 2 nitrogen and oxygen atoms in total. The van der Waals surface area contributed by atoms with Gasteiger partial charge in [-0.05, 0) is 46.2 Å². The Bertz CT molecular complexity index is 920. The molecule has 4 rings (SSSR count). The van der Waals surface area contributed by atoms with Crippen molar-refractivity contribution in [2.45, 2.75) is 13.3 Å². The van der Waals surface area contributed by atoms with E-state index in [0.29, 0.717) is 0 Å².